The zero-order valence-electron chi connectivity index (χ0n) is 24.5. The minimum atomic E-state index is -0.160. The number of hydrogen-bond donors (Lipinski definition) is 4. The van der Waals surface area contributed by atoms with Crippen molar-refractivity contribution in [2.45, 2.75) is 71.3 Å². The lowest BCUT2D eigenvalue weighted by molar-refractivity contribution is -0.108. The van der Waals surface area contributed by atoms with Crippen LogP contribution < -0.4 is 16.0 Å². The molecule has 2 aliphatic rings. The third kappa shape index (κ3) is 9.04. The Bertz CT molecular complexity index is 1060. The van der Waals surface area contributed by atoms with Gasteiger partial charge in [-0.15, -0.1) is 0 Å². The molecule has 1 saturated carbocycles. The molecule has 2 amide bonds. The molecule has 1 aromatic carbocycles. The molecule has 8 nitrogen and oxygen atoms in total. The fourth-order valence-corrected chi connectivity index (χ4v) is 5.53. The monoisotopic (exact) mass is 536 g/mol. The summed E-state index contributed by atoms with van der Waals surface area (Å²) in [6.07, 6.45) is 10.7. The van der Waals surface area contributed by atoms with Crippen LogP contribution in [0.3, 0.4) is 0 Å². The summed E-state index contributed by atoms with van der Waals surface area (Å²) in [5.41, 5.74) is 6.10. The van der Waals surface area contributed by atoms with Crippen molar-refractivity contribution < 1.29 is 9.59 Å². The first-order chi connectivity index (χ1) is 18.7. The number of rotatable bonds is 13. The number of carbonyl (C=O) groups is 2. The molecular formula is C31H48N6O2. The first kappa shape index (κ1) is 30.6. The summed E-state index contributed by atoms with van der Waals surface area (Å²) in [4.78, 5) is 29.0. The Balaban J connectivity index is 1.82. The number of benzene rings is 1. The number of likely N-dealkylation sites (tertiary alicyclic amines) is 1. The van der Waals surface area contributed by atoms with Crippen LogP contribution in [-0.4, -0.2) is 81.2 Å². The van der Waals surface area contributed by atoms with Gasteiger partial charge < -0.3 is 31.2 Å². The van der Waals surface area contributed by atoms with Gasteiger partial charge in [-0.2, -0.15) is 0 Å². The van der Waals surface area contributed by atoms with Crippen molar-refractivity contribution in [2.75, 3.05) is 52.1 Å². The van der Waals surface area contributed by atoms with Gasteiger partial charge in [-0.1, -0.05) is 18.4 Å². The van der Waals surface area contributed by atoms with Gasteiger partial charge >= 0.3 is 0 Å². The van der Waals surface area contributed by atoms with E-state index >= 15 is 0 Å². The molecule has 0 spiro atoms. The van der Waals surface area contributed by atoms with Crippen LogP contribution >= 0.6 is 0 Å². The number of carbonyl (C=O) groups excluding carboxylic acids is 2. The molecule has 0 atom stereocenters. The van der Waals surface area contributed by atoms with E-state index in [9.17, 15) is 9.59 Å². The zero-order valence-corrected chi connectivity index (χ0v) is 24.5. The summed E-state index contributed by atoms with van der Waals surface area (Å²) < 4.78 is 0. The minimum absolute atomic E-state index is 0.160. The van der Waals surface area contributed by atoms with Gasteiger partial charge in [0.05, 0.1) is 5.56 Å². The van der Waals surface area contributed by atoms with Crippen LogP contribution in [0.5, 0.6) is 0 Å². The van der Waals surface area contributed by atoms with Crippen LogP contribution in [0.15, 0.2) is 35.1 Å². The Hall–Kier alpha value is -2.97. The Morgan fingerprint density at radius 2 is 1.79 bits per heavy atom. The van der Waals surface area contributed by atoms with Crippen LogP contribution in [0.25, 0.3) is 0 Å². The van der Waals surface area contributed by atoms with E-state index < -0.39 is 0 Å². The summed E-state index contributed by atoms with van der Waals surface area (Å²) in [6.45, 7) is 10.4. The van der Waals surface area contributed by atoms with Crippen molar-refractivity contribution in [3.05, 3.63) is 51.7 Å². The number of anilines is 1. The number of piperidine rings is 1. The second-order valence-corrected chi connectivity index (χ2v) is 11.5. The van der Waals surface area contributed by atoms with E-state index in [0.29, 0.717) is 36.0 Å². The number of hydrogen-bond acceptors (Lipinski definition) is 6. The largest absolute Gasteiger partial charge is 0.382 e. The molecule has 8 heteroatoms. The molecule has 1 aromatic rings. The van der Waals surface area contributed by atoms with E-state index in [4.69, 9.17) is 5.41 Å². The van der Waals surface area contributed by atoms with Gasteiger partial charge in [-0.3, -0.25) is 9.59 Å². The molecule has 1 aliphatic heterocycles. The first-order valence-corrected chi connectivity index (χ1v) is 14.4. The lowest BCUT2D eigenvalue weighted by Crippen LogP contribution is -2.37. The summed E-state index contributed by atoms with van der Waals surface area (Å²) in [6, 6.07) is 4.63. The molecule has 1 aliphatic carbocycles. The Labute approximate surface area is 234 Å². The molecule has 1 saturated heterocycles. The van der Waals surface area contributed by atoms with E-state index in [1.165, 1.54) is 24.6 Å². The maximum absolute atomic E-state index is 13.5. The van der Waals surface area contributed by atoms with Gasteiger partial charge in [0.25, 0.3) is 5.91 Å². The maximum atomic E-state index is 13.5. The first-order valence-electron chi connectivity index (χ1n) is 14.4. The lowest BCUT2D eigenvalue weighted by atomic mass is 9.86. The average molecular weight is 537 g/mol. The lowest BCUT2D eigenvalue weighted by Gasteiger charge is -2.33. The van der Waals surface area contributed by atoms with Crippen LogP contribution in [-0.2, 0) is 4.79 Å². The van der Waals surface area contributed by atoms with Crippen LogP contribution in [0.1, 0.15) is 86.7 Å². The maximum Gasteiger partial charge on any atom is 0.252 e. The van der Waals surface area contributed by atoms with Crippen LogP contribution in [0.2, 0.25) is 0 Å². The summed E-state index contributed by atoms with van der Waals surface area (Å²) in [5.74, 6) is 0.241. The van der Waals surface area contributed by atoms with E-state index in [-0.39, 0.29) is 5.91 Å². The smallest absolute Gasteiger partial charge is 0.252 e. The highest BCUT2D eigenvalue weighted by atomic mass is 16.1. The molecule has 0 radical (unpaired) electrons. The summed E-state index contributed by atoms with van der Waals surface area (Å²) in [7, 11) is 4.23. The van der Waals surface area contributed by atoms with Crippen molar-refractivity contribution >= 4 is 24.2 Å². The van der Waals surface area contributed by atoms with Crippen LogP contribution in [0.4, 0.5) is 5.69 Å². The molecule has 214 valence electrons. The molecule has 0 bridgehead atoms. The third-order valence-electron chi connectivity index (χ3n) is 8.14. The Kier molecular flexibility index (Phi) is 11.7. The van der Waals surface area contributed by atoms with Gasteiger partial charge in [0.15, 0.2) is 0 Å². The second-order valence-electron chi connectivity index (χ2n) is 11.5. The minimum Gasteiger partial charge on any atom is -0.382 e. The molecule has 0 aromatic heterocycles. The molecule has 2 fully saturated rings. The summed E-state index contributed by atoms with van der Waals surface area (Å²) >= 11 is 0. The highest BCUT2D eigenvalue weighted by molar-refractivity contribution is 6.05. The number of likely N-dealkylation sites (N-methyl/N-ethyl adjacent to an activating group) is 1. The highest BCUT2D eigenvalue weighted by Crippen LogP contribution is 2.34. The van der Waals surface area contributed by atoms with E-state index in [2.05, 4.69) is 45.9 Å². The SMILES string of the molecule is C/C(=C/C(C)=C(\C)CNC(=O)c1cc(C2CCN(CCN(C)C)CC2)cc(NC2CCCC2)c1C=N)NC=O. The Morgan fingerprint density at radius 1 is 1.10 bits per heavy atom. The van der Waals surface area contributed by atoms with Gasteiger partial charge in [0.2, 0.25) is 6.41 Å². The average Bonchev–Trinajstić information content (AvgIpc) is 3.43. The molecule has 1 heterocycles. The fourth-order valence-electron chi connectivity index (χ4n) is 5.53. The van der Waals surface area contributed by atoms with Crippen molar-refractivity contribution in [3.63, 3.8) is 0 Å². The van der Waals surface area contributed by atoms with E-state index in [0.717, 1.165) is 74.4 Å². The predicted octanol–water partition coefficient (Wildman–Crippen LogP) is 4.50. The molecule has 39 heavy (non-hydrogen) atoms. The Morgan fingerprint density at radius 3 is 2.41 bits per heavy atom. The quantitative estimate of drug-likeness (QED) is 0.169. The third-order valence-corrected chi connectivity index (χ3v) is 8.14. The van der Waals surface area contributed by atoms with Gasteiger partial charge in [0.1, 0.15) is 0 Å². The number of nitrogens with one attached hydrogen (secondary N) is 4. The van der Waals surface area contributed by atoms with Crippen LogP contribution in [0, 0.1) is 5.41 Å². The molecule has 4 N–H and O–H groups in total. The van der Waals surface area contributed by atoms with E-state index in [1.54, 1.807) is 0 Å². The number of nitrogens with zero attached hydrogens (tertiary/aromatic N) is 2. The standard InChI is InChI=1S/C31H48N6O2/c1-22(16-24(3)34-21-38)23(2)20-33-31(39)28-17-26(25-10-12-37(13-11-25)15-14-36(4)5)18-30(29(28)19-32)35-27-8-6-7-9-27/h16-19,21,25,27,32,35H,6-15,20H2,1-5H3,(H,33,39)(H,34,38)/b23-22+,24-16-,32-19?. The van der Waals surface area contributed by atoms with Crippen molar-refractivity contribution in [1.82, 2.24) is 20.4 Å². The van der Waals surface area contributed by atoms with Gasteiger partial charge in [-0.25, -0.2) is 0 Å². The second kappa shape index (κ2) is 15.0. The van der Waals surface area contributed by atoms with Crippen molar-refractivity contribution in [1.29, 1.82) is 5.41 Å². The molecule has 0 unspecified atom stereocenters. The number of allylic oxidation sites excluding steroid dienone is 3. The molecule has 3 rings (SSSR count). The normalized spacial score (nSPS) is 18.2. The zero-order chi connectivity index (χ0) is 28.4. The van der Waals surface area contributed by atoms with Gasteiger partial charge in [-0.05, 0) is 109 Å². The summed E-state index contributed by atoms with van der Waals surface area (Å²) in [5, 5.41) is 17.6. The topological polar surface area (TPSA) is 101 Å². The van der Waals surface area contributed by atoms with Gasteiger partial charge in [0, 0.05) is 48.8 Å². The predicted molar refractivity (Wildman–Crippen MR) is 161 cm³/mol. The number of amides is 2. The van der Waals surface area contributed by atoms with Crippen molar-refractivity contribution in [3.8, 4) is 0 Å². The van der Waals surface area contributed by atoms with Crippen molar-refractivity contribution in [2.24, 2.45) is 0 Å². The molecular weight excluding hydrogens is 488 g/mol. The highest BCUT2D eigenvalue weighted by Gasteiger charge is 2.25. The fraction of sp³-hybridized carbons (Fsp3) is 0.581. The van der Waals surface area contributed by atoms with E-state index in [1.807, 2.05) is 32.9 Å².